The number of carbonyl (C=O) groups excluding carboxylic acids is 3. The molecule has 1 saturated heterocycles. The Hall–Kier alpha value is -4.07. The van der Waals surface area contributed by atoms with Gasteiger partial charge in [0, 0.05) is 11.7 Å². The second-order valence-corrected chi connectivity index (χ2v) is 8.20. The van der Waals surface area contributed by atoms with Crippen molar-refractivity contribution in [2.45, 2.75) is 37.6 Å². The molecule has 2 N–H and O–H groups in total. The molecule has 2 heterocycles. The molecule has 168 valence electrons. The van der Waals surface area contributed by atoms with E-state index < -0.39 is 18.2 Å². The zero-order valence-corrected chi connectivity index (χ0v) is 17.8. The van der Waals surface area contributed by atoms with E-state index >= 15 is 0 Å². The lowest BCUT2D eigenvalue weighted by Gasteiger charge is -2.24. The van der Waals surface area contributed by atoms with Gasteiger partial charge >= 0.3 is 6.09 Å². The molecule has 2 atom stereocenters. The number of nitrogens with zero attached hydrogens (tertiary/aromatic N) is 1. The molecule has 2 fully saturated rings. The van der Waals surface area contributed by atoms with E-state index in [2.05, 4.69) is 10.6 Å². The molecule has 0 radical (unpaired) electrons. The summed E-state index contributed by atoms with van der Waals surface area (Å²) < 4.78 is 10.8. The third kappa shape index (κ3) is 4.59. The molecule has 8 heteroatoms. The molecular weight excluding hydrogens is 422 g/mol. The van der Waals surface area contributed by atoms with E-state index in [-0.39, 0.29) is 30.2 Å². The van der Waals surface area contributed by atoms with Crippen LogP contribution in [0.3, 0.4) is 0 Å². The molecule has 0 bridgehead atoms. The maximum absolute atomic E-state index is 13.1. The van der Waals surface area contributed by atoms with Crippen LogP contribution in [-0.2, 0) is 16.1 Å². The normalized spacial score (nSPS) is 19.8. The maximum Gasteiger partial charge on any atom is 0.411 e. The van der Waals surface area contributed by atoms with Crippen LogP contribution in [-0.4, -0.2) is 34.9 Å². The first-order valence-corrected chi connectivity index (χ1v) is 10.8. The third-order valence-electron chi connectivity index (χ3n) is 5.72. The van der Waals surface area contributed by atoms with Crippen molar-refractivity contribution in [1.29, 1.82) is 0 Å². The highest BCUT2D eigenvalue weighted by molar-refractivity contribution is 6.02. The quantitative estimate of drug-likeness (QED) is 0.575. The number of nitrogens with one attached hydrogen (secondary N) is 2. The molecule has 1 aliphatic carbocycles. The lowest BCUT2D eigenvalue weighted by Crippen LogP contribution is -2.46. The number of cyclic esters (lactones) is 1. The summed E-state index contributed by atoms with van der Waals surface area (Å²) in [5, 5.41) is 5.76. The van der Waals surface area contributed by atoms with Crippen molar-refractivity contribution in [3.05, 3.63) is 89.9 Å². The molecule has 5 rings (SSSR count). The van der Waals surface area contributed by atoms with Crippen molar-refractivity contribution in [1.82, 2.24) is 10.2 Å². The summed E-state index contributed by atoms with van der Waals surface area (Å²) >= 11 is 0. The monoisotopic (exact) mass is 445 g/mol. The van der Waals surface area contributed by atoms with Gasteiger partial charge < -0.3 is 19.8 Å². The van der Waals surface area contributed by atoms with E-state index in [1.165, 1.54) is 11.2 Å². The Kier molecular flexibility index (Phi) is 5.56. The standard InChI is InChI=1S/C25H23N3O5/c29-23(20-7-4-14-32-20)26-18-10-8-17(9-11-18)22-21(24(30)27-19-12-13-19)28(25(31)33-22)15-16-5-2-1-3-6-16/h1-11,14,19,21-22H,12-13,15H2,(H,26,29)(H,27,30). The van der Waals surface area contributed by atoms with Gasteiger partial charge in [-0.25, -0.2) is 4.79 Å². The first-order valence-electron chi connectivity index (χ1n) is 10.8. The van der Waals surface area contributed by atoms with Gasteiger partial charge in [-0.05, 0) is 48.2 Å². The van der Waals surface area contributed by atoms with E-state index in [0.29, 0.717) is 11.3 Å². The van der Waals surface area contributed by atoms with Crippen LogP contribution in [0, 0.1) is 0 Å². The SMILES string of the molecule is O=C(Nc1ccc(C2OC(=O)N(Cc3ccccc3)C2C(=O)NC2CC2)cc1)c1ccco1. The van der Waals surface area contributed by atoms with Crippen molar-refractivity contribution in [3.63, 3.8) is 0 Å². The molecule has 1 aromatic heterocycles. The van der Waals surface area contributed by atoms with Crippen LogP contribution < -0.4 is 10.6 Å². The van der Waals surface area contributed by atoms with Crippen LogP contribution in [0.25, 0.3) is 0 Å². The predicted octanol–water partition coefficient (Wildman–Crippen LogP) is 3.87. The smallest absolute Gasteiger partial charge is 0.411 e. The molecule has 3 aromatic rings. The minimum atomic E-state index is -0.790. The highest BCUT2D eigenvalue weighted by Gasteiger charge is 2.47. The highest BCUT2D eigenvalue weighted by atomic mass is 16.6. The van der Waals surface area contributed by atoms with Crippen molar-refractivity contribution in [2.75, 3.05) is 5.32 Å². The van der Waals surface area contributed by atoms with Gasteiger partial charge in [0.2, 0.25) is 5.91 Å². The van der Waals surface area contributed by atoms with Gasteiger partial charge in [-0.2, -0.15) is 0 Å². The lowest BCUT2D eigenvalue weighted by molar-refractivity contribution is -0.126. The van der Waals surface area contributed by atoms with Gasteiger partial charge in [-0.3, -0.25) is 14.5 Å². The molecular formula is C25H23N3O5. The fourth-order valence-electron chi connectivity index (χ4n) is 3.86. The summed E-state index contributed by atoms with van der Waals surface area (Å²) in [7, 11) is 0. The molecule has 8 nitrogen and oxygen atoms in total. The van der Waals surface area contributed by atoms with Crippen LogP contribution in [0.5, 0.6) is 0 Å². The topological polar surface area (TPSA) is 101 Å². The number of furan rings is 1. The molecule has 1 aliphatic heterocycles. The number of amides is 3. The average Bonchev–Trinajstić information content (AvgIpc) is 3.33. The van der Waals surface area contributed by atoms with Gasteiger partial charge in [0.1, 0.15) is 0 Å². The number of anilines is 1. The van der Waals surface area contributed by atoms with Crippen LogP contribution in [0.2, 0.25) is 0 Å². The number of carbonyl (C=O) groups is 3. The number of hydrogen-bond donors (Lipinski definition) is 2. The summed E-state index contributed by atoms with van der Waals surface area (Å²) in [6.07, 6.45) is 2.03. The summed E-state index contributed by atoms with van der Waals surface area (Å²) in [6.45, 7) is 0.274. The number of hydrogen-bond acceptors (Lipinski definition) is 5. The van der Waals surface area contributed by atoms with E-state index in [1.807, 2.05) is 30.3 Å². The van der Waals surface area contributed by atoms with E-state index in [9.17, 15) is 14.4 Å². The molecule has 33 heavy (non-hydrogen) atoms. The van der Waals surface area contributed by atoms with E-state index in [0.717, 1.165) is 18.4 Å². The van der Waals surface area contributed by atoms with Crippen molar-refractivity contribution in [2.24, 2.45) is 0 Å². The van der Waals surface area contributed by atoms with Gasteiger partial charge in [0.25, 0.3) is 5.91 Å². The lowest BCUT2D eigenvalue weighted by atomic mass is 10.00. The molecule has 2 unspecified atom stereocenters. The van der Waals surface area contributed by atoms with E-state index in [1.54, 1.807) is 36.4 Å². The predicted molar refractivity (Wildman–Crippen MR) is 119 cm³/mol. The second-order valence-electron chi connectivity index (χ2n) is 8.20. The molecule has 1 saturated carbocycles. The van der Waals surface area contributed by atoms with Gasteiger partial charge in [0.05, 0.1) is 12.8 Å². The van der Waals surface area contributed by atoms with Crippen molar-refractivity contribution < 1.29 is 23.5 Å². The molecule has 2 aromatic carbocycles. The van der Waals surface area contributed by atoms with Crippen LogP contribution in [0.1, 0.15) is 40.6 Å². The number of benzene rings is 2. The Morgan fingerprint density at radius 2 is 1.73 bits per heavy atom. The summed E-state index contributed by atoms with van der Waals surface area (Å²) in [4.78, 5) is 39.6. The van der Waals surface area contributed by atoms with Gasteiger partial charge in [-0.1, -0.05) is 42.5 Å². The Morgan fingerprint density at radius 3 is 2.39 bits per heavy atom. The van der Waals surface area contributed by atoms with Crippen molar-refractivity contribution in [3.8, 4) is 0 Å². The third-order valence-corrected chi connectivity index (χ3v) is 5.72. The molecule has 3 amide bonds. The Morgan fingerprint density at radius 1 is 0.970 bits per heavy atom. The summed E-state index contributed by atoms with van der Waals surface area (Å²) in [6, 6.07) is 19.0. The fourth-order valence-corrected chi connectivity index (χ4v) is 3.86. The average molecular weight is 445 g/mol. The number of rotatable bonds is 7. The maximum atomic E-state index is 13.1. The highest BCUT2D eigenvalue weighted by Crippen LogP contribution is 2.35. The fraction of sp³-hybridized carbons (Fsp3) is 0.240. The first kappa shape index (κ1) is 20.8. The van der Waals surface area contributed by atoms with Crippen LogP contribution in [0.4, 0.5) is 10.5 Å². The first-order chi connectivity index (χ1) is 16.1. The molecule has 0 spiro atoms. The van der Waals surface area contributed by atoms with Gasteiger partial charge in [-0.15, -0.1) is 0 Å². The minimum Gasteiger partial charge on any atom is -0.459 e. The Balaban J connectivity index is 1.36. The largest absolute Gasteiger partial charge is 0.459 e. The Labute approximate surface area is 190 Å². The molecule has 2 aliphatic rings. The van der Waals surface area contributed by atoms with Crippen LogP contribution >= 0.6 is 0 Å². The van der Waals surface area contributed by atoms with Gasteiger partial charge in [0.15, 0.2) is 17.9 Å². The summed E-state index contributed by atoms with van der Waals surface area (Å²) in [5.74, 6) is -0.382. The zero-order chi connectivity index (χ0) is 22.8. The second kappa shape index (κ2) is 8.82. The van der Waals surface area contributed by atoms with Crippen LogP contribution in [0.15, 0.2) is 77.4 Å². The van der Waals surface area contributed by atoms with E-state index in [4.69, 9.17) is 9.15 Å². The minimum absolute atomic E-state index is 0.159. The Bertz CT molecular complexity index is 1140. The zero-order valence-electron chi connectivity index (χ0n) is 17.8. The summed E-state index contributed by atoms with van der Waals surface area (Å²) in [5.41, 5.74) is 2.14. The number of ether oxygens (including phenoxy) is 1. The van der Waals surface area contributed by atoms with Crippen molar-refractivity contribution >= 4 is 23.6 Å².